The van der Waals surface area contributed by atoms with Crippen molar-refractivity contribution < 1.29 is 85.2 Å². The van der Waals surface area contributed by atoms with Crippen molar-refractivity contribution in [1.82, 2.24) is 0 Å². The van der Waals surface area contributed by atoms with Crippen LogP contribution in [0.15, 0.2) is 18.2 Å². The highest BCUT2D eigenvalue weighted by atomic mass is 19.4. The summed E-state index contributed by atoms with van der Waals surface area (Å²) in [6.07, 6.45) is -7.81. The Morgan fingerprint density at radius 3 is 1.34 bits per heavy atom. The third kappa shape index (κ3) is 4.61. The highest BCUT2D eigenvalue weighted by molar-refractivity contribution is 5.79. The Balaban J connectivity index is 3.52. The number of nitro benzene ring substituents is 2. The summed E-state index contributed by atoms with van der Waals surface area (Å²) in [5.74, 6) is -53.8. The van der Waals surface area contributed by atoms with Crippen LogP contribution in [0.25, 0.3) is 0 Å². The van der Waals surface area contributed by atoms with Gasteiger partial charge < -0.3 is 4.74 Å². The van der Waals surface area contributed by atoms with Crippen LogP contribution in [0, 0.1) is 20.2 Å². The quantitative estimate of drug-likeness (QED) is 0.144. The van der Waals surface area contributed by atoms with Crippen LogP contribution in [-0.4, -0.2) is 57.5 Å². The number of hydrogen-bond acceptors (Lipinski definition) is 6. The number of benzene rings is 1. The zero-order chi connectivity index (χ0) is 30.5. The molecule has 23 heteroatoms. The number of ether oxygens (including phenoxy) is 1. The molecule has 8 nitrogen and oxygen atoms in total. The molecule has 0 saturated carbocycles. The minimum atomic E-state index is -8.65. The lowest BCUT2D eigenvalue weighted by atomic mass is 9.91. The van der Waals surface area contributed by atoms with E-state index >= 15 is 0 Å². The molecule has 0 fully saturated rings. The van der Waals surface area contributed by atoms with Crippen molar-refractivity contribution in [3.8, 4) is 0 Å². The van der Waals surface area contributed by atoms with E-state index in [1.165, 1.54) is 0 Å². The molecule has 38 heavy (non-hydrogen) atoms. The van der Waals surface area contributed by atoms with Gasteiger partial charge in [-0.1, -0.05) is 0 Å². The predicted molar refractivity (Wildman–Crippen MR) is 85.3 cm³/mol. The maximum Gasteiger partial charge on any atom is 0.460 e. The Morgan fingerprint density at radius 2 is 1.00 bits per heavy atom. The predicted octanol–water partition coefficient (Wildman–Crippen LogP) is 5.92. The maximum atomic E-state index is 13.8. The molecule has 0 bridgehead atoms. The molecule has 1 rings (SSSR count). The molecule has 0 unspecified atom stereocenters. The van der Waals surface area contributed by atoms with Crippen molar-refractivity contribution in [2.24, 2.45) is 0 Å². The summed E-state index contributed by atoms with van der Waals surface area (Å²) in [7, 11) is 0. The van der Waals surface area contributed by atoms with Gasteiger partial charge in [0, 0.05) is 12.1 Å². The van der Waals surface area contributed by atoms with E-state index in [9.17, 15) is 90.9 Å². The van der Waals surface area contributed by atoms with Crippen LogP contribution in [0.3, 0.4) is 0 Å². The minimum absolute atomic E-state index is 0.376. The van der Waals surface area contributed by atoms with Crippen molar-refractivity contribution in [3.63, 3.8) is 0 Å². The van der Waals surface area contributed by atoms with Crippen molar-refractivity contribution in [1.29, 1.82) is 0 Å². The van der Waals surface area contributed by atoms with E-state index in [2.05, 4.69) is 4.74 Å². The summed E-state index contributed by atoms with van der Waals surface area (Å²) >= 11 is 0. The molecular weight excluding hydrogens is 589 g/mol. The van der Waals surface area contributed by atoms with E-state index in [1.807, 2.05) is 0 Å². The molecule has 0 N–H and O–H groups in total. The van der Waals surface area contributed by atoms with Crippen molar-refractivity contribution in [2.45, 2.75) is 48.3 Å². The Kier molecular flexibility index (Phi) is 7.97. The number of halogens is 15. The number of carbonyl (C=O) groups excluding carboxylic acids is 1. The Bertz CT molecular complexity index is 1090. The monoisotopic (exact) mass is 594 g/mol. The molecule has 0 spiro atoms. The van der Waals surface area contributed by atoms with E-state index in [0.717, 1.165) is 0 Å². The van der Waals surface area contributed by atoms with Gasteiger partial charge in [-0.25, -0.2) is 4.79 Å². The van der Waals surface area contributed by atoms with Gasteiger partial charge in [0.05, 0.1) is 9.85 Å². The summed E-state index contributed by atoms with van der Waals surface area (Å²) in [6.45, 7) is -2.22. The van der Waals surface area contributed by atoms with Gasteiger partial charge in [-0.2, -0.15) is 65.9 Å². The number of nitrogens with zero attached hydrogens (tertiary/aromatic N) is 2. The fraction of sp³-hybridized carbons (Fsp3) is 0.533. The molecule has 1 aromatic carbocycles. The molecule has 0 atom stereocenters. The van der Waals surface area contributed by atoms with Gasteiger partial charge in [-0.05, 0) is 6.07 Å². The Morgan fingerprint density at radius 1 is 0.658 bits per heavy atom. The van der Waals surface area contributed by atoms with E-state index in [4.69, 9.17) is 0 Å². The zero-order valence-corrected chi connectivity index (χ0v) is 17.0. The molecule has 0 saturated heterocycles. The van der Waals surface area contributed by atoms with Gasteiger partial charge in [0.15, 0.2) is 0 Å². The molecular formula is C15H5F15N2O6. The summed E-state index contributed by atoms with van der Waals surface area (Å²) in [5.41, 5.74) is -4.36. The zero-order valence-electron chi connectivity index (χ0n) is 17.0. The molecule has 0 aliphatic rings. The number of rotatable bonds is 10. The maximum absolute atomic E-state index is 13.8. The molecule has 0 aliphatic heterocycles. The second kappa shape index (κ2) is 9.32. The molecule has 0 radical (unpaired) electrons. The summed E-state index contributed by atoms with van der Waals surface area (Å²) in [5, 5.41) is 21.7. The van der Waals surface area contributed by atoms with Crippen molar-refractivity contribution >= 4 is 17.3 Å². The van der Waals surface area contributed by atoms with Crippen molar-refractivity contribution in [3.05, 3.63) is 44.0 Å². The highest BCUT2D eigenvalue weighted by Gasteiger charge is 2.94. The summed E-state index contributed by atoms with van der Waals surface area (Å²) in [4.78, 5) is 30.1. The molecule has 1 aromatic rings. The number of nitro groups is 2. The van der Waals surface area contributed by atoms with Crippen LogP contribution in [0.5, 0.6) is 0 Å². The SMILES string of the molecule is O=C(OCc1c([N+](=O)[O-])cccc1[N+](=O)[O-])C(F)(F)C(F)(F)C(F)(F)C(F)(F)C(F)(F)C(F)(F)C(F)(F)F. The minimum Gasteiger partial charge on any atom is -0.456 e. The molecule has 216 valence electrons. The third-order valence-corrected chi connectivity index (χ3v) is 4.45. The van der Waals surface area contributed by atoms with E-state index in [0.29, 0.717) is 18.2 Å². The normalized spacial score (nSPS) is 14.3. The fourth-order valence-electron chi connectivity index (χ4n) is 2.38. The first-order chi connectivity index (χ1) is 16.6. The summed E-state index contributed by atoms with van der Waals surface area (Å²) < 4.78 is 200. The van der Waals surface area contributed by atoms with Crippen LogP contribution in [-0.2, 0) is 16.1 Å². The smallest absolute Gasteiger partial charge is 0.456 e. The van der Waals surface area contributed by atoms with Crippen LogP contribution in [0.1, 0.15) is 5.56 Å². The second-order valence-corrected chi connectivity index (χ2v) is 6.81. The average molecular weight is 594 g/mol. The molecule has 0 aliphatic carbocycles. The second-order valence-electron chi connectivity index (χ2n) is 6.81. The van der Waals surface area contributed by atoms with E-state index in [-0.39, 0.29) is 0 Å². The standard InChI is InChI=1S/C15H5F15N2O6/c16-9(17,8(33)38-4-5-6(31(34)35)2-1-3-7(5)32(36)37)10(18,19)11(20,21)12(22,23)13(24,25)14(26,27)15(28,29)30/h1-3H,4H2. The average Bonchev–Trinajstić information content (AvgIpc) is 2.75. The van der Waals surface area contributed by atoms with Crippen LogP contribution in [0.2, 0.25) is 0 Å². The first kappa shape index (κ1) is 32.5. The highest BCUT2D eigenvalue weighted by Crippen LogP contribution is 2.62. The topological polar surface area (TPSA) is 113 Å². The number of alkyl halides is 15. The summed E-state index contributed by atoms with van der Waals surface area (Å²) in [6, 6.07) is 1.34. The molecule has 0 aromatic heterocycles. The van der Waals surface area contributed by atoms with Crippen LogP contribution < -0.4 is 0 Å². The van der Waals surface area contributed by atoms with Crippen LogP contribution >= 0.6 is 0 Å². The molecule has 0 amide bonds. The lowest BCUT2D eigenvalue weighted by Gasteiger charge is -2.40. The number of hydrogen-bond donors (Lipinski definition) is 0. The number of carbonyl (C=O) groups is 1. The van der Waals surface area contributed by atoms with Gasteiger partial charge in [-0.3, -0.25) is 20.2 Å². The first-order valence-corrected chi connectivity index (χ1v) is 8.56. The lowest BCUT2D eigenvalue weighted by molar-refractivity contribution is -0.450. The molecule has 0 heterocycles. The van der Waals surface area contributed by atoms with Gasteiger partial charge in [0.25, 0.3) is 11.4 Å². The van der Waals surface area contributed by atoms with Gasteiger partial charge >= 0.3 is 47.7 Å². The largest absolute Gasteiger partial charge is 0.460 e. The fourth-order valence-corrected chi connectivity index (χ4v) is 2.38. The first-order valence-electron chi connectivity index (χ1n) is 8.56. The van der Waals surface area contributed by atoms with Gasteiger partial charge in [-0.15, -0.1) is 0 Å². The third-order valence-electron chi connectivity index (χ3n) is 4.45. The van der Waals surface area contributed by atoms with Gasteiger partial charge in [0.2, 0.25) is 0 Å². The van der Waals surface area contributed by atoms with E-state index in [1.54, 1.807) is 0 Å². The lowest BCUT2D eigenvalue weighted by Crippen LogP contribution is -2.73. The van der Waals surface area contributed by atoms with Crippen molar-refractivity contribution in [2.75, 3.05) is 0 Å². The van der Waals surface area contributed by atoms with Crippen LogP contribution in [0.4, 0.5) is 77.2 Å². The van der Waals surface area contributed by atoms with E-state index < -0.39 is 81.1 Å². The Labute approximate surface area is 196 Å². The Hall–Kier alpha value is -3.56. The number of esters is 1. The van der Waals surface area contributed by atoms with Gasteiger partial charge in [0.1, 0.15) is 12.2 Å².